The molecular formula is C13H16FNO3. The van der Waals surface area contributed by atoms with Gasteiger partial charge in [0.05, 0.1) is 6.61 Å². The highest BCUT2D eigenvalue weighted by Crippen LogP contribution is 2.07. The zero-order chi connectivity index (χ0) is 13.5. The topological polar surface area (TPSA) is 46.6 Å². The third-order valence-electron chi connectivity index (χ3n) is 2.47. The van der Waals surface area contributed by atoms with E-state index in [0.717, 1.165) is 0 Å². The zero-order valence-corrected chi connectivity index (χ0v) is 10.5. The van der Waals surface area contributed by atoms with Crippen molar-refractivity contribution in [3.8, 4) is 0 Å². The van der Waals surface area contributed by atoms with Gasteiger partial charge in [0.2, 0.25) is 0 Å². The molecule has 98 valence electrons. The van der Waals surface area contributed by atoms with E-state index in [1.54, 1.807) is 25.1 Å². The smallest absolute Gasteiger partial charge is 0.396 e. The number of hydrogen-bond acceptors (Lipinski definition) is 3. The van der Waals surface area contributed by atoms with E-state index in [2.05, 4.69) is 4.74 Å². The number of amides is 1. The summed E-state index contributed by atoms with van der Waals surface area (Å²) < 4.78 is 17.9. The monoisotopic (exact) mass is 253 g/mol. The molecule has 5 heteroatoms. The summed E-state index contributed by atoms with van der Waals surface area (Å²) in [5.74, 6) is -1.91. The van der Waals surface area contributed by atoms with E-state index in [0.29, 0.717) is 12.0 Å². The summed E-state index contributed by atoms with van der Waals surface area (Å²) in [4.78, 5) is 23.9. The summed E-state index contributed by atoms with van der Waals surface area (Å²) in [5, 5.41) is 0. The SMILES string of the molecule is CCOC(=O)C(=O)N(C)CCc1ccccc1F. The first-order valence-electron chi connectivity index (χ1n) is 5.72. The molecule has 0 bridgehead atoms. The van der Waals surface area contributed by atoms with Crippen LogP contribution in [0.1, 0.15) is 12.5 Å². The van der Waals surface area contributed by atoms with Crippen molar-refractivity contribution in [2.24, 2.45) is 0 Å². The molecule has 0 spiro atoms. The Balaban J connectivity index is 2.51. The first-order chi connectivity index (χ1) is 8.56. The lowest BCUT2D eigenvalue weighted by molar-refractivity contribution is -0.159. The minimum atomic E-state index is -0.881. The number of benzene rings is 1. The van der Waals surface area contributed by atoms with E-state index in [-0.39, 0.29) is 19.0 Å². The third kappa shape index (κ3) is 3.84. The molecule has 0 aromatic heterocycles. The van der Waals surface area contributed by atoms with Crippen LogP contribution >= 0.6 is 0 Å². The molecule has 1 aromatic carbocycles. The minimum Gasteiger partial charge on any atom is -0.459 e. The molecule has 18 heavy (non-hydrogen) atoms. The number of ether oxygens (including phenoxy) is 1. The summed E-state index contributed by atoms with van der Waals surface area (Å²) >= 11 is 0. The van der Waals surface area contributed by atoms with Crippen molar-refractivity contribution >= 4 is 11.9 Å². The van der Waals surface area contributed by atoms with Crippen molar-refractivity contribution in [2.45, 2.75) is 13.3 Å². The lowest BCUT2D eigenvalue weighted by atomic mass is 10.1. The van der Waals surface area contributed by atoms with Gasteiger partial charge in [0.1, 0.15) is 5.82 Å². The number of likely N-dealkylation sites (N-methyl/N-ethyl adjacent to an activating group) is 1. The quantitative estimate of drug-likeness (QED) is 0.601. The maximum Gasteiger partial charge on any atom is 0.396 e. The summed E-state index contributed by atoms with van der Waals surface area (Å²) in [6.45, 7) is 2.05. The predicted molar refractivity (Wildman–Crippen MR) is 64.4 cm³/mol. The number of rotatable bonds is 4. The number of carbonyl (C=O) groups is 2. The molecule has 0 radical (unpaired) electrons. The Kier molecular flexibility index (Phi) is 5.30. The summed E-state index contributed by atoms with van der Waals surface area (Å²) in [6.07, 6.45) is 0.355. The fourth-order valence-corrected chi connectivity index (χ4v) is 1.44. The Morgan fingerprint density at radius 3 is 2.61 bits per heavy atom. The fraction of sp³-hybridized carbons (Fsp3) is 0.385. The first kappa shape index (κ1) is 14.2. The van der Waals surface area contributed by atoms with Crippen LogP contribution < -0.4 is 0 Å². The maximum absolute atomic E-state index is 13.3. The highest BCUT2D eigenvalue weighted by molar-refractivity contribution is 6.32. The largest absolute Gasteiger partial charge is 0.459 e. The van der Waals surface area contributed by atoms with E-state index in [1.807, 2.05) is 0 Å². The molecule has 0 aliphatic carbocycles. The van der Waals surface area contributed by atoms with E-state index in [9.17, 15) is 14.0 Å². The Bertz CT molecular complexity index is 434. The minimum absolute atomic E-state index is 0.158. The zero-order valence-electron chi connectivity index (χ0n) is 10.5. The Hall–Kier alpha value is -1.91. The summed E-state index contributed by atoms with van der Waals surface area (Å²) in [5.41, 5.74) is 0.515. The molecule has 0 heterocycles. The fourth-order valence-electron chi connectivity index (χ4n) is 1.44. The lowest BCUT2D eigenvalue weighted by Crippen LogP contribution is -2.36. The average Bonchev–Trinajstić information content (AvgIpc) is 2.36. The molecule has 0 atom stereocenters. The van der Waals surface area contributed by atoms with Gasteiger partial charge < -0.3 is 9.64 Å². The van der Waals surface area contributed by atoms with Crippen LogP contribution in [0, 0.1) is 5.82 Å². The molecule has 1 rings (SSSR count). The standard InChI is InChI=1S/C13H16FNO3/c1-3-18-13(17)12(16)15(2)9-8-10-6-4-5-7-11(10)14/h4-7H,3,8-9H2,1-2H3. The van der Waals surface area contributed by atoms with Crippen LogP contribution in [0.25, 0.3) is 0 Å². The molecule has 0 aliphatic heterocycles. The molecule has 0 aliphatic rings. The number of nitrogens with zero attached hydrogens (tertiary/aromatic N) is 1. The highest BCUT2D eigenvalue weighted by atomic mass is 19.1. The molecule has 1 aromatic rings. The Morgan fingerprint density at radius 2 is 2.00 bits per heavy atom. The molecule has 0 fully saturated rings. The molecular weight excluding hydrogens is 237 g/mol. The maximum atomic E-state index is 13.3. The number of halogens is 1. The van der Waals surface area contributed by atoms with Crippen LogP contribution in [-0.4, -0.2) is 37.0 Å². The molecule has 4 nitrogen and oxygen atoms in total. The Labute approximate surface area is 105 Å². The summed E-state index contributed by atoms with van der Waals surface area (Å²) in [7, 11) is 1.49. The van der Waals surface area contributed by atoms with Crippen molar-refractivity contribution in [2.75, 3.05) is 20.2 Å². The number of carbonyl (C=O) groups excluding carboxylic acids is 2. The molecule has 1 amide bonds. The van der Waals surface area contributed by atoms with Crippen LogP contribution in [0.15, 0.2) is 24.3 Å². The van der Waals surface area contributed by atoms with Crippen molar-refractivity contribution in [3.05, 3.63) is 35.6 Å². The van der Waals surface area contributed by atoms with E-state index >= 15 is 0 Å². The van der Waals surface area contributed by atoms with Gasteiger partial charge in [0.15, 0.2) is 0 Å². The Morgan fingerprint density at radius 1 is 1.33 bits per heavy atom. The van der Waals surface area contributed by atoms with Crippen LogP contribution in [-0.2, 0) is 20.7 Å². The van der Waals surface area contributed by atoms with Gasteiger partial charge in [0.25, 0.3) is 0 Å². The van der Waals surface area contributed by atoms with Crippen molar-refractivity contribution < 1.29 is 18.7 Å². The van der Waals surface area contributed by atoms with E-state index < -0.39 is 11.9 Å². The van der Waals surface area contributed by atoms with Crippen molar-refractivity contribution in [1.82, 2.24) is 4.90 Å². The van der Waals surface area contributed by atoms with Crippen LogP contribution in [0.5, 0.6) is 0 Å². The molecule has 0 N–H and O–H groups in total. The normalized spacial score (nSPS) is 9.94. The van der Waals surface area contributed by atoms with Gasteiger partial charge in [-0.3, -0.25) is 4.79 Å². The van der Waals surface area contributed by atoms with Gasteiger partial charge in [-0.2, -0.15) is 0 Å². The van der Waals surface area contributed by atoms with Crippen LogP contribution in [0.4, 0.5) is 4.39 Å². The third-order valence-corrected chi connectivity index (χ3v) is 2.47. The van der Waals surface area contributed by atoms with Gasteiger partial charge in [-0.05, 0) is 25.0 Å². The number of esters is 1. The van der Waals surface area contributed by atoms with Gasteiger partial charge in [-0.25, -0.2) is 9.18 Å². The van der Waals surface area contributed by atoms with E-state index in [4.69, 9.17) is 0 Å². The van der Waals surface area contributed by atoms with Gasteiger partial charge in [-0.1, -0.05) is 18.2 Å². The molecule has 0 saturated heterocycles. The second-order valence-corrected chi connectivity index (χ2v) is 3.79. The van der Waals surface area contributed by atoms with Crippen molar-refractivity contribution in [3.63, 3.8) is 0 Å². The van der Waals surface area contributed by atoms with Gasteiger partial charge in [-0.15, -0.1) is 0 Å². The lowest BCUT2D eigenvalue weighted by Gasteiger charge is -2.15. The molecule has 0 saturated carbocycles. The van der Waals surface area contributed by atoms with E-state index in [1.165, 1.54) is 18.0 Å². The predicted octanol–water partition coefficient (Wildman–Crippen LogP) is 1.39. The van der Waals surface area contributed by atoms with Gasteiger partial charge in [0, 0.05) is 13.6 Å². The van der Waals surface area contributed by atoms with Gasteiger partial charge >= 0.3 is 11.9 Å². The summed E-state index contributed by atoms with van der Waals surface area (Å²) in [6, 6.07) is 6.35. The number of hydrogen-bond donors (Lipinski definition) is 0. The molecule has 0 unspecified atom stereocenters. The van der Waals surface area contributed by atoms with Crippen molar-refractivity contribution in [1.29, 1.82) is 0 Å². The second kappa shape index (κ2) is 6.74. The second-order valence-electron chi connectivity index (χ2n) is 3.79. The first-order valence-corrected chi connectivity index (χ1v) is 5.72. The average molecular weight is 253 g/mol. The highest BCUT2D eigenvalue weighted by Gasteiger charge is 2.19. The van der Waals surface area contributed by atoms with Crippen LogP contribution in [0.2, 0.25) is 0 Å². The van der Waals surface area contributed by atoms with Crippen LogP contribution in [0.3, 0.4) is 0 Å².